The molecule has 0 amide bonds. The molecule has 7 nitrogen and oxygen atoms in total. The lowest BCUT2D eigenvalue weighted by atomic mass is 10.2. The van der Waals surface area contributed by atoms with E-state index in [-0.39, 0.29) is 24.9 Å². The van der Waals surface area contributed by atoms with Gasteiger partial charge in [-0.25, -0.2) is 13.5 Å². The number of rotatable bonds is 5. The average Bonchev–Trinajstić information content (AvgIpc) is 2.54. The van der Waals surface area contributed by atoms with Crippen LogP contribution >= 0.6 is 0 Å². The second kappa shape index (κ2) is 4.86. The molecule has 0 atom stereocenters. The summed E-state index contributed by atoms with van der Waals surface area (Å²) >= 11 is 0. The van der Waals surface area contributed by atoms with Crippen LogP contribution in [0.25, 0.3) is 0 Å². The molecule has 1 aliphatic heterocycles. The van der Waals surface area contributed by atoms with Crippen molar-refractivity contribution in [3.05, 3.63) is 11.4 Å². The lowest BCUT2D eigenvalue weighted by molar-refractivity contribution is -0.0343. The molecule has 1 fully saturated rings. The Balaban J connectivity index is 2.21. The van der Waals surface area contributed by atoms with Crippen molar-refractivity contribution in [1.29, 1.82) is 0 Å². The van der Waals surface area contributed by atoms with Crippen LogP contribution in [-0.2, 0) is 25.6 Å². The summed E-state index contributed by atoms with van der Waals surface area (Å²) in [5, 5.41) is 7.12. The van der Waals surface area contributed by atoms with Crippen LogP contribution in [0.1, 0.15) is 23.9 Å². The molecule has 1 saturated heterocycles. The fraction of sp³-hybridized carbons (Fsp3) is 0.750. The summed E-state index contributed by atoms with van der Waals surface area (Å²) in [5.41, 5.74) is -0.603. The summed E-state index contributed by atoms with van der Waals surface area (Å²) in [6.07, 6.45) is -1.97. The van der Waals surface area contributed by atoms with Gasteiger partial charge in [-0.1, -0.05) is 5.21 Å². The van der Waals surface area contributed by atoms with Gasteiger partial charge < -0.3 is 4.74 Å². The molecule has 0 aromatic carbocycles. The van der Waals surface area contributed by atoms with Gasteiger partial charge in [0.25, 0.3) is 16.5 Å². The molecule has 0 bridgehead atoms. The van der Waals surface area contributed by atoms with E-state index >= 15 is 0 Å². The molecule has 0 N–H and O–H groups in total. The van der Waals surface area contributed by atoms with Gasteiger partial charge in [0.2, 0.25) is 0 Å². The van der Waals surface area contributed by atoms with Gasteiger partial charge >= 0.3 is 0 Å². The average molecular weight is 283 g/mol. The van der Waals surface area contributed by atoms with Crippen molar-refractivity contribution in [3.8, 4) is 0 Å². The summed E-state index contributed by atoms with van der Waals surface area (Å²) in [7, 11) is -3.71. The van der Waals surface area contributed by atoms with E-state index in [0.29, 0.717) is 0 Å². The Labute approximate surface area is 102 Å². The smallest absolute Gasteiger partial charge is 0.282 e. The zero-order chi connectivity index (χ0) is 13.3. The van der Waals surface area contributed by atoms with Crippen LogP contribution in [0.3, 0.4) is 0 Å². The van der Waals surface area contributed by atoms with E-state index < -0.39 is 28.8 Å². The summed E-state index contributed by atoms with van der Waals surface area (Å²) in [4.78, 5) is 0. The van der Waals surface area contributed by atoms with Crippen LogP contribution in [0, 0.1) is 0 Å². The predicted molar refractivity (Wildman–Crippen MR) is 54.5 cm³/mol. The molecule has 0 saturated carbocycles. The molecule has 0 aliphatic carbocycles. The first-order valence-corrected chi connectivity index (χ1v) is 6.84. The molecule has 2 heterocycles. The highest BCUT2D eigenvalue weighted by molar-refractivity contribution is 7.85. The zero-order valence-corrected chi connectivity index (χ0v) is 10.2. The van der Waals surface area contributed by atoms with Crippen molar-refractivity contribution >= 4 is 10.1 Å². The third kappa shape index (κ3) is 2.82. The number of nitrogens with zero attached hydrogens (tertiary/aromatic N) is 3. The Morgan fingerprint density at radius 3 is 2.67 bits per heavy atom. The van der Waals surface area contributed by atoms with E-state index in [2.05, 4.69) is 14.5 Å². The number of ether oxygens (including phenoxy) is 1. The van der Waals surface area contributed by atoms with Crippen LogP contribution in [-0.4, -0.2) is 42.9 Å². The Hall–Kier alpha value is -1.13. The maximum Gasteiger partial charge on any atom is 0.282 e. The summed E-state index contributed by atoms with van der Waals surface area (Å²) in [6.45, 7) is 0.0248. The van der Waals surface area contributed by atoms with Crippen LogP contribution in [0.15, 0.2) is 0 Å². The molecule has 2 rings (SSSR count). The highest BCUT2D eigenvalue weighted by Gasteiger charge is 2.30. The van der Waals surface area contributed by atoms with Crippen LogP contribution < -0.4 is 0 Å². The van der Waals surface area contributed by atoms with Gasteiger partial charge in [0.1, 0.15) is 24.0 Å². The molecule has 1 aromatic heterocycles. The lowest BCUT2D eigenvalue weighted by Crippen LogP contribution is -2.32. The van der Waals surface area contributed by atoms with Gasteiger partial charge in [-0.05, 0) is 0 Å². The van der Waals surface area contributed by atoms with Crippen LogP contribution in [0.5, 0.6) is 0 Å². The second-order valence-electron chi connectivity index (χ2n) is 3.82. The topological polar surface area (TPSA) is 83.3 Å². The molecule has 1 aliphatic rings. The van der Waals surface area contributed by atoms with Gasteiger partial charge in [-0.2, -0.15) is 8.42 Å². The van der Waals surface area contributed by atoms with E-state index in [0.717, 1.165) is 10.9 Å². The minimum Gasteiger partial charge on any atom is -0.377 e. The fourth-order valence-corrected chi connectivity index (χ4v) is 1.79. The second-order valence-corrected chi connectivity index (χ2v) is 5.47. The monoisotopic (exact) mass is 283 g/mol. The van der Waals surface area contributed by atoms with Gasteiger partial charge in [0.05, 0.1) is 19.5 Å². The summed E-state index contributed by atoms with van der Waals surface area (Å²) < 4.78 is 57.8. The fourth-order valence-electron chi connectivity index (χ4n) is 1.46. The van der Waals surface area contributed by atoms with Crippen LogP contribution in [0.2, 0.25) is 0 Å². The van der Waals surface area contributed by atoms with Crippen molar-refractivity contribution in [2.75, 3.05) is 19.5 Å². The van der Waals surface area contributed by atoms with E-state index in [1.165, 1.54) is 0 Å². The molecule has 10 heteroatoms. The minimum atomic E-state index is -3.71. The van der Waals surface area contributed by atoms with Gasteiger partial charge in [-0.3, -0.25) is 4.18 Å². The van der Waals surface area contributed by atoms with Crippen molar-refractivity contribution < 1.29 is 26.1 Å². The number of halogens is 2. The number of hydrogen-bond donors (Lipinski definition) is 0. The summed E-state index contributed by atoms with van der Waals surface area (Å²) in [5.74, 6) is 0. The Kier molecular flexibility index (Phi) is 3.59. The van der Waals surface area contributed by atoms with Crippen molar-refractivity contribution in [2.24, 2.45) is 0 Å². The quantitative estimate of drug-likeness (QED) is 0.721. The number of alkyl halides is 2. The Bertz CT molecular complexity index is 526. The maximum absolute atomic E-state index is 12.9. The molecular formula is C8H11F2N3O4S. The highest BCUT2D eigenvalue weighted by atomic mass is 32.2. The number of hydrogen-bond acceptors (Lipinski definition) is 6. The third-order valence-corrected chi connectivity index (χ3v) is 2.93. The molecule has 102 valence electrons. The number of aromatic nitrogens is 3. The molecular weight excluding hydrogens is 272 g/mol. The van der Waals surface area contributed by atoms with Gasteiger partial charge in [0, 0.05) is 0 Å². The summed E-state index contributed by atoms with van der Waals surface area (Å²) in [6, 6.07) is -0.284. The standard InChI is InChI=1S/C8H11F2N3O4S/c1-18(14,15)17-4-6-7(8(9)10)13(12-11-6)5-2-16-3-5/h5,8H,2-4H2,1H3. The normalized spacial score (nSPS) is 17.1. The lowest BCUT2D eigenvalue weighted by Gasteiger charge is -2.27. The molecule has 1 aromatic rings. The van der Waals surface area contributed by atoms with Crippen molar-refractivity contribution in [1.82, 2.24) is 15.0 Å². The molecule has 0 spiro atoms. The van der Waals surface area contributed by atoms with Gasteiger partial charge in [0.15, 0.2) is 0 Å². The Morgan fingerprint density at radius 1 is 1.56 bits per heavy atom. The van der Waals surface area contributed by atoms with Crippen molar-refractivity contribution in [3.63, 3.8) is 0 Å². The molecule has 18 heavy (non-hydrogen) atoms. The van der Waals surface area contributed by atoms with E-state index in [9.17, 15) is 17.2 Å². The largest absolute Gasteiger partial charge is 0.377 e. The van der Waals surface area contributed by atoms with E-state index in [1.54, 1.807) is 0 Å². The molecule has 0 radical (unpaired) electrons. The predicted octanol–water partition coefficient (Wildman–Crippen LogP) is 0.263. The highest BCUT2D eigenvalue weighted by Crippen LogP contribution is 2.27. The van der Waals surface area contributed by atoms with E-state index in [1.807, 2.05) is 0 Å². The van der Waals surface area contributed by atoms with Crippen LogP contribution in [0.4, 0.5) is 8.78 Å². The zero-order valence-electron chi connectivity index (χ0n) is 9.41. The first kappa shape index (κ1) is 13.3. The Morgan fingerprint density at radius 2 is 2.22 bits per heavy atom. The SMILES string of the molecule is CS(=O)(=O)OCc1nnn(C2COC2)c1C(F)F. The van der Waals surface area contributed by atoms with Crippen molar-refractivity contribution in [2.45, 2.75) is 19.1 Å². The first-order valence-electron chi connectivity index (χ1n) is 5.02. The van der Waals surface area contributed by atoms with E-state index in [4.69, 9.17) is 4.74 Å². The minimum absolute atomic E-state index is 0.178. The molecule has 0 unspecified atom stereocenters. The first-order chi connectivity index (χ1) is 8.38. The van der Waals surface area contributed by atoms with Gasteiger partial charge in [-0.15, -0.1) is 5.10 Å². The third-order valence-electron chi connectivity index (χ3n) is 2.39. The maximum atomic E-state index is 12.9.